The van der Waals surface area contributed by atoms with Crippen molar-refractivity contribution in [3.8, 4) is 5.75 Å². The number of para-hydroxylation sites is 2. The monoisotopic (exact) mass is 280 g/mol. The summed E-state index contributed by atoms with van der Waals surface area (Å²) in [6.07, 6.45) is 0.982. The van der Waals surface area contributed by atoms with Crippen LogP contribution >= 0.6 is 0 Å². The molecule has 0 fully saturated rings. The van der Waals surface area contributed by atoms with Crippen molar-refractivity contribution in [1.29, 1.82) is 0 Å². The van der Waals surface area contributed by atoms with Crippen molar-refractivity contribution in [2.45, 2.75) is 6.42 Å². The summed E-state index contributed by atoms with van der Waals surface area (Å²) in [6.45, 7) is 2.08. The number of hydrogen-bond acceptors (Lipinski definition) is 3. The molecule has 0 aromatic heterocycles. The van der Waals surface area contributed by atoms with Crippen LogP contribution in [0.2, 0.25) is 0 Å². The van der Waals surface area contributed by atoms with Crippen molar-refractivity contribution in [2.24, 2.45) is 0 Å². The molecule has 0 spiro atoms. The van der Waals surface area contributed by atoms with Crippen molar-refractivity contribution < 1.29 is 9.53 Å². The molecule has 2 aromatic carbocycles. The molecule has 0 atom stereocenters. The zero-order chi connectivity index (χ0) is 14.2. The van der Waals surface area contributed by atoms with Crippen LogP contribution in [0.5, 0.6) is 5.75 Å². The number of carbonyl (C=O) groups excluding carboxylic acids is 1. The first-order valence-electron chi connectivity index (χ1n) is 7.23. The van der Waals surface area contributed by atoms with Crippen molar-refractivity contribution in [3.05, 3.63) is 53.6 Å². The quantitative estimate of drug-likeness (QED) is 0.873. The summed E-state index contributed by atoms with van der Waals surface area (Å²) in [5.41, 5.74) is 3.97. The van der Waals surface area contributed by atoms with Gasteiger partial charge in [0, 0.05) is 17.8 Å². The molecule has 4 rings (SSSR count). The van der Waals surface area contributed by atoms with Gasteiger partial charge in [-0.2, -0.15) is 0 Å². The summed E-state index contributed by atoms with van der Waals surface area (Å²) in [6, 6.07) is 13.6. The van der Waals surface area contributed by atoms with E-state index in [1.54, 1.807) is 0 Å². The molecule has 2 heterocycles. The Kier molecular flexibility index (Phi) is 2.81. The molecule has 0 bridgehead atoms. The molecule has 0 saturated carbocycles. The largest absolute Gasteiger partial charge is 0.490 e. The normalized spacial score (nSPS) is 15.7. The molecular weight excluding hydrogens is 264 g/mol. The SMILES string of the molecule is O=C(c1ccc2c(c1)CCN2)N1CCOc2ccccc21. The van der Waals surface area contributed by atoms with Gasteiger partial charge in [-0.05, 0) is 42.3 Å². The van der Waals surface area contributed by atoms with E-state index >= 15 is 0 Å². The standard InChI is InChI=1S/C17H16N2O2/c20-17(13-5-6-14-12(11-13)7-8-18-14)19-9-10-21-16-4-2-1-3-15(16)19/h1-6,11,18H,7-10H2. The van der Waals surface area contributed by atoms with E-state index in [0.717, 1.165) is 35.7 Å². The molecule has 1 N–H and O–H groups in total. The lowest BCUT2D eigenvalue weighted by Crippen LogP contribution is -2.37. The Balaban J connectivity index is 1.70. The predicted molar refractivity (Wildman–Crippen MR) is 82.2 cm³/mol. The van der Waals surface area contributed by atoms with Gasteiger partial charge >= 0.3 is 0 Å². The number of anilines is 2. The van der Waals surface area contributed by atoms with Crippen LogP contribution in [-0.4, -0.2) is 25.6 Å². The highest BCUT2D eigenvalue weighted by atomic mass is 16.5. The number of nitrogens with zero attached hydrogens (tertiary/aromatic N) is 1. The second kappa shape index (κ2) is 4.81. The maximum atomic E-state index is 12.8. The summed E-state index contributed by atoms with van der Waals surface area (Å²) in [5.74, 6) is 0.820. The van der Waals surface area contributed by atoms with Crippen LogP contribution < -0.4 is 15.0 Å². The third-order valence-corrected chi connectivity index (χ3v) is 4.04. The minimum atomic E-state index is 0.0421. The van der Waals surface area contributed by atoms with Crippen LogP contribution in [0.3, 0.4) is 0 Å². The fourth-order valence-corrected chi connectivity index (χ4v) is 2.97. The number of benzene rings is 2. The number of hydrogen-bond donors (Lipinski definition) is 1. The molecular formula is C17H16N2O2. The topological polar surface area (TPSA) is 41.6 Å². The highest BCUT2D eigenvalue weighted by molar-refractivity contribution is 6.07. The lowest BCUT2D eigenvalue weighted by molar-refractivity contribution is 0.0976. The van der Waals surface area contributed by atoms with E-state index in [1.165, 1.54) is 5.56 Å². The predicted octanol–water partition coefficient (Wildman–Crippen LogP) is 2.69. The Bertz CT molecular complexity index is 712. The summed E-state index contributed by atoms with van der Waals surface area (Å²) in [7, 11) is 0. The van der Waals surface area contributed by atoms with E-state index in [1.807, 2.05) is 47.4 Å². The van der Waals surface area contributed by atoms with Crippen molar-refractivity contribution in [1.82, 2.24) is 0 Å². The summed E-state index contributed by atoms with van der Waals surface area (Å²) in [4.78, 5) is 14.6. The maximum Gasteiger partial charge on any atom is 0.258 e. The van der Waals surface area contributed by atoms with Crippen molar-refractivity contribution in [3.63, 3.8) is 0 Å². The highest BCUT2D eigenvalue weighted by Crippen LogP contribution is 2.32. The van der Waals surface area contributed by atoms with Crippen LogP contribution in [0.1, 0.15) is 15.9 Å². The van der Waals surface area contributed by atoms with E-state index in [2.05, 4.69) is 5.32 Å². The number of rotatable bonds is 1. The van der Waals surface area contributed by atoms with Gasteiger partial charge in [-0.25, -0.2) is 0 Å². The van der Waals surface area contributed by atoms with Crippen LogP contribution in [0, 0.1) is 0 Å². The Morgan fingerprint density at radius 1 is 1.19 bits per heavy atom. The maximum absolute atomic E-state index is 12.8. The average molecular weight is 280 g/mol. The first-order valence-corrected chi connectivity index (χ1v) is 7.23. The zero-order valence-corrected chi connectivity index (χ0v) is 11.6. The van der Waals surface area contributed by atoms with Gasteiger partial charge in [0.05, 0.1) is 12.2 Å². The van der Waals surface area contributed by atoms with Gasteiger partial charge < -0.3 is 15.0 Å². The van der Waals surface area contributed by atoms with Crippen molar-refractivity contribution in [2.75, 3.05) is 29.9 Å². The van der Waals surface area contributed by atoms with E-state index in [9.17, 15) is 4.79 Å². The lowest BCUT2D eigenvalue weighted by atomic mass is 10.1. The number of ether oxygens (including phenoxy) is 1. The van der Waals surface area contributed by atoms with Crippen LogP contribution in [-0.2, 0) is 6.42 Å². The average Bonchev–Trinajstić information content (AvgIpc) is 3.01. The molecule has 21 heavy (non-hydrogen) atoms. The molecule has 0 radical (unpaired) electrons. The summed E-state index contributed by atoms with van der Waals surface area (Å²) in [5, 5.41) is 3.32. The van der Waals surface area contributed by atoms with Gasteiger partial charge in [0.1, 0.15) is 12.4 Å². The van der Waals surface area contributed by atoms with Gasteiger partial charge in [-0.3, -0.25) is 4.79 Å². The third-order valence-electron chi connectivity index (χ3n) is 4.04. The minimum Gasteiger partial charge on any atom is -0.490 e. The van der Waals surface area contributed by atoms with Crippen molar-refractivity contribution >= 4 is 17.3 Å². The number of nitrogens with one attached hydrogen (secondary N) is 1. The fourth-order valence-electron chi connectivity index (χ4n) is 2.97. The lowest BCUT2D eigenvalue weighted by Gasteiger charge is -2.29. The third kappa shape index (κ3) is 2.03. The van der Waals surface area contributed by atoms with Gasteiger partial charge in [0.2, 0.25) is 0 Å². The Labute approximate surface area is 123 Å². The van der Waals surface area contributed by atoms with Gasteiger partial charge in [0.25, 0.3) is 5.91 Å². The highest BCUT2D eigenvalue weighted by Gasteiger charge is 2.25. The molecule has 4 heteroatoms. The summed E-state index contributed by atoms with van der Waals surface area (Å²) < 4.78 is 5.61. The zero-order valence-electron chi connectivity index (χ0n) is 11.6. The van der Waals surface area contributed by atoms with Crippen LogP contribution in [0.4, 0.5) is 11.4 Å². The smallest absolute Gasteiger partial charge is 0.258 e. The minimum absolute atomic E-state index is 0.0421. The van der Waals surface area contributed by atoms with E-state index < -0.39 is 0 Å². The molecule has 2 aliphatic rings. The first kappa shape index (κ1) is 12.3. The van der Waals surface area contributed by atoms with Crippen LogP contribution in [0.15, 0.2) is 42.5 Å². The second-order valence-corrected chi connectivity index (χ2v) is 5.32. The molecule has 0 unspecified atom stereocenters. The molecule has 2 aromatic rings. The van der Waals surface area contributed by atoms with E-state index in [4.69, 9.17) is 4.74 Å². The molecule has 4 nitrogen and oxygen atoms in total. The van der Waals surface area contributed by atoms with Gasteiger partial charge in [-0.1, -0.05) is 12.1 Å². The Morgan fingerprint density at radius 3 is 3.05 bits per heavy atom. The molecule has 0 aliphatic carbocycles. The number of carbonyl (C=O) groups is 1. The second-order valence-electron chi connectivity index (χ2n) is 5.32. The fraction of sp³-hybridized carbons (Fsp3) is 0.235. The number of fused-ring (bicyclic) bond motifs is 2. The van der Waals surface area contributed by atoms with E-state index in [0.29, 0.717) is 13.2 Å². The Hall–Kier alpha value is -2.49. The molecule has 2 aliphatic heterocycles. The number of amides is 1. The molecule has 106 valence electrons. The van der Waals surface area contributed by atoms with Crippen LogP contribution in [0.25, 0.3) is 0 Å². The molecule has 1 amide bonds. The Morgan fingerprint density at radius 2 is 2.10 bits per heavy atom. The summed E-state index contributed by atoms with van der Waals surface area (Å²) >= 11 is 0. The van der Waals surface area contributed by atoms with E-state index in [-0.39, 0.29) is 5.91 Å². The first-order chi connectivity index (χ1) is 10.3. The molecule has 0 saturated heterocycles. The van der Waals surface area contributed by atoms with Gasteiger partial charge in [0.15, 0.2) is 0 Å². The van der Waals surface area contributed by atoms with Gasteiger partial charge in [-0.15, -0.1) is 0 Å².